The maximum atomic E-state index is 12.8. The number of amides is 1. The van der Waals surface area contributed by atoms with Crippen molar-refractivity contribution in [1.29, 1.82) is 0 Å². The molecule has 0 spiro atoms. The van der Waals surface area contributed by atoms with Gasteiger partial charge in [-0.1, -0.05) is 0 Å². The SMILES string of the molecule is CC(=O)OC(C)(C)C(=O)N1CCCC(Oc2ncc(F)cn2)C1. The molecule has 0 N–H and O–H groups in total. The second-order valence-electron chi connectivity index (χ2n) is 5.92. The fourth-order valence-electron chi connectivity index (χ4n) is 2.51. The van der Waals surface area contributed by atoms with Crippen molar-refractivity contribution < 1.29 is 23.5 Å². The van der Waals surface area contributed by atoms with Crippen LogP contribution in [0.5, 0.6) is 6.01 Å². The number of carbonyl (C=O) groups excluding carboxylic acids is 2. The van der Waals surface area contributed by atoms with E-state index in [0.29, 0.717) is 13.1 Å². The lowest BCUT2D eigenvalue weighted by Gasteiger charge is -2.36. The van der Waals surface area contributed by atoms with Crippen molar-refractivity contribution in [3.8, 4) is 6.01 Å². The second kappa shape index (κ2) is 6.89. The van der Waals surface area contributed by atoms with Crippen molar-refractivity contribution in [2.24, 2.45) is 0 Å². The Morgan fingerprint density at radius 2 is 2.00 bits per heavy atom. The van der Waals surface area contributed by atoms with E-state index in [4.69, 9.17) is 9.47 Å². The number of hydrogen-bond donors (Lipinski definition) is 0. The van der Waals surface area contributed by atoms with E-state index in [2.05, 4.69) is 9.97 Å². The highest BCUT2D eigenvalue weighted by molar-refractivity contribution is 5.86. The van der Waals surface area contributed by atoms with Crippen molar-refractivity contribution in [2.45, 2.75) is 45.3 Å². The van der Waals surface area contributed by atoms with Crippen molar-refractivity contribution in [3.05, 3.63) is 18.2 Å². The Bertz CT molecular complexity index is 577. The first-order chi connectivity index (χ1) is 10.8. The average Bonchev–Trinajstić information content (AvgIpc) is 2.48. The quantitative estimate of drug-likeness (QED) is 0.777. The van der Waals surface area contributed by atoms with Gasteiger partial charge in [0.2, 0.25) is 0 Å². The third-order valence-electron chi connectivity index (χ3n) is 3.45. The van der Waals surface area contributed by atoms with E-state index in [9.17, 15) is 14.0 Å². The van der Waals surface area contributed by atoms with E-state index < -0.39 is 17.4 Å². The van der Waals surface area contributed by atoms with Gasteiger partial charge in [0.1, 0.15) is 6.10 Å². The normalized spacial score (nSPS) is 18.4. The molecule has 7 nitrogen and oxygen atoms in total. The molecule has 1 aromatic heterocycles. The van der Waals surface area contributed by atoms with Gasteiger partial charge in [0.25, 0.3) is 5.91 Å². The summed E-state index contributed by atoms with van der Waals surface area (Å²) < 4.78 is 23.5. The molecule has 1 atom stereocenters. The topological polar surface area (TPSA) is 81.6 Å². The lowest BCUT2D eigenvalue weighted by Crippen LogP contribution is -2.53. The van der Waals surface area contributed by atoms with E-state index in [1.165, 1.54) is 6.92 Å². The van der Waals surface area contributed by atoms with Crippen LogP contribution in [0.25, 0.3) is 0 Å². The molecule has 0 saturated carbocycles. The molecule has 1 aliphatic rings. The van der Waals surface area contributed by atoms with E-state index in [1.54, 1.807) is 18.7 Å². The zero-order valence-corrected chi connectivity index (χ0v) is 13.4. The van der Waals surface area contributed by atoms with Crippen LogP contribution in [-0.4, -0.2) is 51.5 Å². The summed E-state index contributed by atoms with van der Waals surface area (Å²) in [6.07, 6.45) is 3.24. The molecule has 23 heavy (non-hydrogen) atoms. The number of aromatic nitrogens is 2. The molecule has 1 amide bonds. The number of rotatable bonds is 4. The summed E-state index contributed by atoms with van der Waals surface area (Å²) in [5.74, 6) is -1.32. The molecule has 1 aromatic rings. The number of ether oxygens (including phenoxy) is 2. The monoisotopic (exact) mass is 325 g/mol. The van der Waals surface area contributed by atoms with Gasteiger partial charge < -0.3 is 14.4 Å². The van der Waals surface area contributed by atoms with Crippen molar-refractivity contribution in [2.75, 3.05) is 13.1 Å². The summed E-state index contributed by atoms with van der Waals surface area (Å²) in [4.78, 5) is 32.7. The van der Waals surface area contributed by atoms with Gasteiger partial charge in [-0.3, -0.25) is 9.59 Å². The predicted molar refractivity (Wildman–Crippen MR) is 78.1 cm³/mol. The summed E-state index contributed by atoms with van der Waals surface area (Å²) in [5, 5.41) is 0. The minimum Gasteiger partial charge on any atom is -0.458 e. The fourth-order valence-corrected chi connectivity index (χ4v) is 2.51. The number of hydrogen-bond acceptors (Lipinski definition) is 6. The van der Waals surface area contributed by atoms with E-state index in [1.807, 2.05) is 0 Å². The van der Waals surface area contributed by atoms with Crippen molar-refractivity contribution in [3.63, 3.8) is 0 Å². The van der Waals surface area contributed by atoms with Crippen LogP contribution in [0.4, 0.5) is 4.39 Å². The fraction of sp³-hybridized carbons (Fsp3) is 0.600. The molecule has 0 aromatic carbocycles. The van der Waals surface area contributed by atoms with E-state index in [-0.39, 0.29) is 18.0 Å². The molecule has 8 heteroatoms. The molecule has 0 radical (unpaired) electrons. The summed E-state index contributed by atoms with van der Waals surface area (Å²) in [6, 6.07) is 0.0740. The van der Waals surface area contributed by atoms with Gasteiger partial charge in [-0.2, -0.15) is 0 Å². The van der Waals surface area contributed by atoms with Gasteiger partial charge in [0, 0.05) is 13.5 Å². The molecule has 2 rings (SSSR count). The first-order valence-corrected chi connectivity index (χ1v) is 7.41. The third-order valence-corrected chi connectivity index (χ3v) is 3.45. The highest BCUT2D eigenvalue weighted by atomic mass is 19.1. The number of piperidine rings is 1. The minimum atomic E-state index is -1.22. The third kappa shape index (κ3) is 4.61. The zero-order chi connectivity index (χ0) is 17.0. The Labute approximate surface area is 133 Å². The number of nitrogens with zero attached hydrogens (tertiary/aromatic N) is 3. The van der Waals surface area contributed by atoms with Crippen LogP contribution in [0.2, 0.25) is 0 Å². The van der Waals surface area contributed by atoms with Gasteiger partial charge in [-0.05, 0) is 26.7 Å². The molecular weight excluding hydrogens is 305 g/mol. The minimum absolute atomic E-state index is 0.0740. The summed E-state index contributed by atoms with van der Waals surface area (Å²) in [7, 11) is 0. The Morgan fingerprint density at radius 1 is 1.35 bits per heavy atom. The molecule has 1 fully saturated rings. The van der Waals surface area contributed by atoms with Gasteiger partial charge in [0.05, 0.1) is 18.9 Å². The van der Waals surface area contributed by atoms with Gasteiger partial charge in [0.15, 0.2) is 11.4 Å². The molecular formula is C15H20FN3O4. The summed E-state index contributed by atoms with van der Waals surface area (Å²) in [5.41, 5.74) is -1.22. The second-order valence-corrected chi connectivity index (χ2v) is 5.92. The van der Waals surface area contributed by atoms with Crippen LogP contribution in [0, 0.1) is 5.82 Å². The van der Waals surface area contributed by atoms with Crippen molar-refractivity contribution in [1.82, 2.24) is 14.9 Å². The largest absolute Gasteiger partial charge is 0.458 e. The Hall–Kier alpha value is -2.25. The smallest absolute Gasteiger partial charge is 0.316 e. The maximum Gasteiger partial charge on any atom is 0.316 e. The number of likely N-dealkylation sites (tertiary alicyclic amines) is 1. The molecule has 1 unspecified atom stereocenters. The molecule has 126 valence electrons. The van der Waals surface area contributed by atoms with Gasteiger partial charge >= 0.3 is 12.0 Å². The van der Waals surface area contributed by atoms with Crippen LogP contribution >= 0.6 is 0 Å². The Kier molecular flexibility index (Phi) is 5.12. The van der Waals surface area contributed by atoms with Crippen LogP contribution in [0.1, 0.15) is 33.6 Å². The average molecular weight is 325 g/mol. The molecule has 0 aliphatic carbocycles. The van der Waals surface area contributed by atoms with Crippen LogP contribution in [0.3, 0.4) is 0 Å². The first kappa shape index (κ1) is 17.1. The lowest BCUT2D eigenvalue weighted by molar-refractivity contribution is -0.169. The van der Waals surface area contributed by atoms with Crippen LogP contribution in [-0.2, 0) is 14.3 Å². The van der Waals surface area contributed by atoms with Crippen LogP contribution < -0.4 is 4.74 Å². The van der Waals surface area contributed by atoms with Crippen molar-refractivity contribution >= 4 is 11.9 Å². The summed E-state index contributed by atoms with van der Waals surface area (Å²) >= 11 is 0. The summed E-state index contributed by atoms with van der Waals surface area (Å²) in [6.45, 7) is 5.29. The molecule has 0 bridgehead atoms. The number of carbonyl (C=O) groups is 2. The Morgan fingerprint density at radius 3 is 2.61 bits per heavy atom. The van der Waals surface area contributed by atoms with Gasteiger partial charge in [-0.25, -0.2) is 14.4 Å². The first-order valence-electron chi connectivity index (χ1n) is 7.41. The molecule has 2 heterocycles. The predicted octanol–water partition coefficient (Wildman–Crippen LogP) is 1.33. The molecule has 1 saturated heterocycles. The maximum absolute atomic E-state index is 12.8. The standard InChI is InChI=1S/C15H20FN3O4/c1-10(20)23-15(2,3)13(21)19-6-4-5-12(9-19)22-14-17-7-11(16)8-18-14/h7-8,12H,4-6,9H2,1-3H3. The lowest BCUT2D eigenvalue weighted by atomic mass is 10.0. The van der Waals surface area contributed by atoms with Gasteiger partial charge in [-0.15, -0.1) is 0 Å². The van der Waals surface area contributed by atoms with E-state index >= 15 is 0 Å². The zero-order valence-electron chi connectivity index (χ0n) is 13.4. The number of esters is 1. The number of halogens is 1. The molecule has 1 aliphatic heterocycles. The Balaban J connectivity index is 1.98. The van der Waals surface area contributed by atoms with E-state index in [0.717, 1.165) is 25.2 Å². The van der Waals surface area contributed by atoms with Crippen LogP contribution in [0.15, 0.2) is 12.4 Å². The highest BCUT2D eigenvalue weighted by Crippen LogP contribution is 2.20. The highest BCUT2D eigenvalue weighted by Gasteiger charge is 2.37.